The summed E-state index contributed by atoms with van der Waals surface area (Å²) in [6, 6.07) is 16.5. The molecule has 1 N–H and O–H groups in total. The van der Waals surface area contributed by atoms with E-state index in [-0.39, 0.29) is 18.5 Å². The van der Waals surface area contributed by atoms with Crippen molar-refractivity contribution in [3.8, 4) is 11.5 Å². The molecular formula is C23H25NO4. The second-order valence-corrected chi connectivity index (χ2v) is 7.76. The van der Waals surface area contributed by atoms with Crippen LogP contribution in [0.25, 0.3) is 0 Å². The van der Waals surface area contributed by atoms with E-state index >= 15 is 0 Å². The van der Waals surface area contributed by atoms with Crippen LogP contribution < -0.4 is 10.1 Å². The lowest BCUT2D eigenvalue weighted by Gasteiger charge is -2.20. The number of esters is 1. The highest BCUT2D eigenvalue weighted by Crippen LogP contribution is 2.49. The summed E-state index contributed by atoms with van der Waals surface area (Å²) in [6.45, 7) is -0.278. The zero-order valence-corrected chi connectivity index (χ0v) is 15.8. The van der Waals surface area contributed by atoms with Gasteiger partial charge in [-0.3, -0.25) is 9.59 Å². The molecule has 0 unspecified atom stereocenters. The fourth-order valence-corrected chi connectivity index (χ4v) is 4.51. The molecule has 2 saturated carbocycles. The molecule has 0 spiro atoms. The van der Waals surface area contributed by atoms with Gasteiger partial charge in [-0.15, -0.1) is 0 Å². The van der Waals surface area contributed by atoms with Crippen LogP contribution >= 0.6 is 0 Å². The normalized spacial score (nSPS) is 22.6. The molecule has 1 amide bonds. The fourth-order valence-electron chi connectivity index (χ4n) is 4.51. The molecule has 2 bridgehead atoms. The molecule has 2 aliphatic carbocycles. The van der Waals surface area contributed by atoms with E-state index in [4.69, 9.17) is 9.47 Å². The Hall–Kier alpha value is -2.82. The number of benzene rings is 2. The Labute approximate surface area is 165 Å². The molecule has 0 radical (unpaired) electrons. The van der Waals surface area contributed by atoms with Gasteiger partial charge < -0.3 is 14.8 Å². The summed E-state index contributed by atoms with van der Waals surface area (Å²) in [6.07, 6.45) is 5.37. The van der Waals surface area contributed by atoms with Gasteiger partial charge in [-0.05, 0) is 61.3 Å². The van der Waals surface area contributed by atoms with Gasteiger partial charge in [-0.2, -0.15) is 0 Å². The summed E-state index contributed by atoms with van der Waals surface area (Å²) >= 11 is 0. The molecule has 0 heterocycles. The smallest absolute Gasteiger partial charge is 0.306 e. The highest BCUT2D eigenvalue weighted by atomic mass is 16.5. The van der Waals surface area contributed by atoms with E-state index in [2.05, 4.69) is 5.32 Å². The minimum absolute atomic E-state index is 0.276. The molecular weight excluding hydrogens is 354 g/mol. The zero-order chi connectivity index (χ0) is 19.3. The molecule has 2 aromatic rings. The van der Waals surface area contributed by atoms with Crippen LogP contribution in [0.1, 0.15) is 32.1 Å². The number of carbonyl (C=O) groups is 2. The number of nitrogens with one attached hydrogen (secondary N) is 1. The first kappa shape index (κ1) is 18.5. The number of amides is 1. The molecule has 5 nitrogen and oxygen atoms in total. The van der Waals surface area contributed by atoms with E-state index in [9.17, 15) is 9.59 Å². The van der Waals surface area contributed by atoms with Crippen LogP contribution in [0.5, 0.6) is 11.5 Å². The average Bonchev–Trinajstić information content (AvgIpc) is 3.32. The number of hydrogen-bond acceptors (Lipinski definition) is 4. The number of fused-ring (bicyclic) bond motifs is 2. The van der Waals surface area contributed by atoms with E-state index in [1.54, 1.807) is 12.1 Å². The van der Waals surface area contributed by atoms with Crippen molar-refractivity contribution in [2.24, 2.45) is 17.8 Å². The minimum atomic E-state index is -0.370. The molecule has 2 fully saturated rings. The van der Waals surface area contributed by atoms with Gasteiger partial charge in [0.25, 0.3) is 5.91 Å². The topological polar surface area (TPSA) is 64.6 Å². The number of ether oxygens (including phenoxy) is 2. The van der Waals surface area contributed by atoms with Crippen LogP contribution in [-0.2, 0) is 14.3 Å². The van der Waals surface area contributed by atoms with Crippen molar-refractivity contribution in [1.82, 2.24) is 0 Å². The highest BCUT2D eigenvalue weighted by molar-refractivity contribution is 5.94. The fraction of sp³-hybridized carbons (Fsp3) is 0.391. The molecule has 4 rings (SSSR count). The molecule has 2 aliphatic rings. The van der Waals surface area contributed by atoms with Crippen molar-refractivity contribution in [2.45, 2.75) is 32.1 Å². The van der Waals surface area contributed by atoms with Crippen molar-refractivity contribution in [2.75, 3.05) is 11.9 Å². The van der Waals surface area contributed by atoms with Gasteiger partial charge in [0.2, 0.25) is 0 Å². The summed E-state index contributed by atoms with van der Waals surface area (Å²) in [4.78, 5) is 24.4. The largest absolute Gasteiger partial charge is 0.456 e. The van der Waals surface area contributed by atoms with E-state index in [1.807, 2.05) is 42.5 Å². The molecule has 0 aromatic heterocycles. The standard InChI is InChI=1S/C23H25NO4/c25-22(15-27-23(26)14-18-13-16-10-11-17(18)12-16)24-20-8-4-5-9-21(20)28-19-6-2-1-3-7-19/h1-9,16-18H,10-15H2,(H,24,25)/t16-,17+,18+/m0/s1. The van der Waals surface area contributed by atoms with Crippen LogP contribution in [0.4, 0.5) is 5.69 Å². The Morgan fingerprint density at radius 3 is 2.50 bits per heavy atom. The molecule has 28 heavy (non-hydrogen) atoms. The third-order valence-electron chi connectivity index (χ3n) is 5.81. The van der Waals surface area contributed by atoms with Crippen molar-refractivity contribution in [3.05, 3.63) is 54.6 Å². The van der Waals surface area contributed by atoms with Gasteiger partial charge in [0, 0.05) is 6.42 Å². The SMILES string of the molecule is O=C(COC(=O)C[C@H]1C[C@H]2CC[C@@H]1C2)Nc1ccccc1Oc1ccccc1. The summed E-state index contributed by atoms with van der Waals surface area (Å²) in [7, 11) is 0. The Morgan fingerprint density at radius 2 is 1.75 bits per heavy atom. The Balaban J connectivity index is 1.27. The van der Waals surface area contributed by atoms with Gasteiger partial charge in [-0.25, -0.2) is 0 Å². The van der Waals surface area contributed by atoms with Crippen molar-refractivity contribution >= 4 is 17.6 Å². The van der Waals surface area contributed by atoms with Crippen LogP contribution in [0.15, 0.2) is 54.6 Å². The third-order valence-corrected chi connectivity index (χ3v) is 5.81. The average molecular weight is 379 g/mol. The van der Waals surface area contributed by atoms with E-state index in [0.717, 1.165) is 12.3 Å². The van der Waals surface area contributed by atoms with E-state index in [0.29, 0.717) is 35.4 Å². The van der Waals surface area contributed by atoms with Crippen molar-refractivity contribution in [1.29, 1.82) is 0 Å². The van der Waals surface area contributed by atoms with Gasteiger partial charge >= 0.3 is 5.97 Å². The van der Waals surface area contributed by atoms with Crippen molar-refractivity contribution < 1.29 is 19.1 Å². The number of rotatable bonds is 7. The maximum atomic E-state index is 12.2. The Morgan fingerprint density at radius 1 is 0.964 bits per heavy atom. The summed E-state index contributed by atoms with van der Waals surface area (Å²) in [5.41, 5.74) is 0.542. The molecule has 2 aromatic carbocycles. The van der Waals surface area contributed by atoms with E-state index in [1.165, 1.54) is 19.3 Å². The number of para-hydroxylation sites is 3. The summed E-state index contributed by atoms with van der Waals surface area (Å²) in [5.74, 6) is 2.48. The highest BCUT2D eigenvalue weighted by Gasteiger charge is 2.40. The quantitative estimate of drug-likeness (QED) is 0.703. The molecule has 146 valence electrons. The van der Waals surface area contributed by atoms with Crippen LogP contribution in [0.2, 0.25) is 0 Å². The van der Waals surface area contributed by atoms with E-state index < -0.39 is 0 Å². The first-order valence-electron chi connectivity index (χ1n) is 9.95. The molecule has 0 aliphatic heterocycles. The second-order valence-electron chi connectivity index (χ2n) is 7.76. The number of hydrogen-bond donors (Lipinski definition) is 1. The Bertz CT molecular complexity index is 836. The lowest BCUT2D eigenvalue weighted by molar-refractivity contribution is -0.148. The van der Waals surface area contributed by atoms with Crippen LogP contribution in [0.3, 0.4) is 0 Å². The molecule has 0 saturated heterocycles. The Kier molecular flexibility index (Phi) is 5.60. The first-order chi connectivity index (χ1) is 13.7. The van der Waals surface area contributed by atoms with Gasteiger partial charge in [0.15, 0.2) is 12.4 Å². The van der Waals surface area contributed by atoms with Crippen molar-refractivity contribution in [3.63, 3.8) is 0 Å². The van der Waals surface area contributed by atoms with Crippen LogP contribution in [0, 0.1) is 17.8 Å². The molecule has 3 atom stereocenters. The summed E-state index contributed by atoms with van der Waals surface area (Å²) in [5, 5.41) is 2.77. The predicted octanol–water partition coefficient (Wildman–Crippen LogP) is 4.79. The third kappa shape index (κ3) is 4.53. The monoisotopic (exact) mass is 379 g/mol. The molecule has 5 heteroatoms. The zero-order valence-electron chi connectivity index (χ0n) is 15.8. The maximum Gasteiger partial charge on any atom is 0.306 e. The van der Waals surface area contributed by atoms with Gasteiger partial charge in [0.1, 0.15) is 5.75 Å². The lowest BCUT2D eigenvalue weighted by atomic mass is 9.86. The van der Waals surface area contributed by atoms with Crippen LogP contribution in [-0.4, -0.2) is 18.5 Å². The lowest BCUT2D eigenvalue weighted by Crippen LogP contribution is -2.23. The van der Waals surface area contributed by atoms with Gasteiger partial charge in [0.05, 0.1) is 5.69 Å². The minimum Gasteiger partial charge on any atom is -0.456 e. The van der Waals surface area contributed by atoms with Gasteiger partial charge in [-0.1, -0.05) is 36.8 Å². The first-order valence-corrected chi connectivity index (χ1v) is 9.95. The predicted molar refractivity (Wildman–Crippen MR) is 106 cm³/mol. The second kappa shape index (κ2) is 8.46. The number of anilines is 1. The maximum absolute atomic E-state index is 12.2. The number of carbonyl (C=O) groups excluding carboxylic acids is 2. The summed E-state index contributed by atoms with van der Waals surface area (Å²) < 4.78 is 11.0.